The number of hydrogen-bond donors (Lipinski definition) is 1. The van der Waals surface area contributed by atoms with Crippen LogP contribution < -0.4 is 0 Å². The van der Waals surface area contributed by atoms with Crippen molar-refractivity contribution in [2.75, 3.05) is 13.1 Å². The van der Waals surface area contributed by atoms with E-state index in [0.717, 1.165) is 50.5 Å². The molecule has 0 saturated carbocycles. The molecule has 0 aliphatic carbocycles. The Morgan fingerprint density at radius 2 is 2.24 bits per heavy atom. The number of piperidine rings is 1. The van der Waals surface area contributed by atoms with E-state index in [4.69, 9.17) is 5.26 Å². The van der Waals surface area contributed by atoms with Crippen LogP contribution in [-0.4, -0.2) is 37.7 Å². The van der Waals surface area contributed by atoms with Crippen molar-refractivity contribution in [2.24, 2.45) is 0 Å². The lowest BCUT2D eigenvalue weighted by atomic mass is 9.96. The molecule has 0 bridgehead atoms. The first-order chi connectivity index (χ1) is 10.3. The Morgan fingerprint density at radius 1 is 1.43 bits per heavy atom. The fourth-order valence-electron chi connectivity index (χ4n) is 3.04. The second-order valence-electron chi connectivity index (χ2n) is 5.55. The highest BCUT2D eigenvalue weighted by atomic mass is 15.2. The van der Waals surface area contributed by atoms with Crippen LogP contribution in [0.5, 0.6) is 0 Å². The third-order valence-electron chi connectivity index (χ3n) is 4.22. The molecule has 0 amide bonds. The Balaban J connectivity index is 1.58. The second-order valence-corrected chi connectivity index (χ2v) is 5.55. The summed E-state index contributed by atoms with van der Waals surface area (Å²) in [4.78, 5) is 6.71. The van der Waals surface area contributed by atoms with Crippen LogP contribution in [-0.2, 0) is 13.1 Å². The average molecular weight is 284 g/mol. The molecule has 0 radical (unpaired) electrons. The minimum absolute atomic E-state index is 0.499. The maximum atomic E-state index is 9.11. The van der Waals surface area contributed by atoms with E-state index >= 15 is 0 Å². The third kappa shape index (κ3) is 2.98. The largest absolute Gasteiger partial charge is 0.339 e. The van der Waals surface area contributed by atoms with Crippen LogP contribution in [0.1, 0.15) is 42.8 Å². The topological polar surface area (TPSA) is 73.5 Å². The Hall–Kier alpha value is -2.13. The molecule has 2 aromatic heterocycles. The van der Waals surface area contributed by atoms with E-state index in [2.05, 4.69) is 39.3 Å². The first-order valence-electron chi connectivity index (χ1n) is 7.47. The number of aromatic amines is 1. The smallest absolute Gasteiger partial charge is 0.137 e. The zero-order valence-electron chi connectivity index (χ0n) is 12.3. The summed E-state index contributed by atoms with van der Waals surface area (Å²) in [6, 6.07) is 4.26. The maximum Gasteiger partial charge on any atom is 0.137 e. The molecule has 0 unspecified atom stereocenters. The molecule has 1 aliphatic rings. The summed E-state index contributed by atoms with van der Waals surface area (Å²) in [5, 5.41) is 16.0. The number of rotatable bonds is 4. The van der Waals surface area contributed by atoms with Gasteiger partial charge in [0.15, 0.2) is 0 Å². The van der Waals surface area contributed by atoms with Gasteiger partial charge in [-0.2, -0.15) is 10.4 Å². The van der Waals surface area contributed by atoms with Crippen LogP contribution in [0.2, 0.25) is 0 Å². The molecule has 1 saturated heterocycles. The summed E-state index contributed by atoms with van der Waals surface area (Å²) in [7, 11) is 0. The van der Waals surface area contributed by atoms with Crippen LogP contribution in [0.3, 0.4) is 0 Å². The minimum atomic E-state index is 0.499. The predicted molar refractivity (Wildman–Crippen MR) is 78.5 cm³/mol. The molecule has 6 nitrogen and oxygen atoms in total. The number of H-pyrrole nitrogens is 1. The van der Waals surface area contributed by atoms with E-state index in [-0.39, 0.29) is 0 Å². The summed E-state index contributed by atoms with van der Waals surface area (Å²) >= 11 is 0. The highest BCUT2D eigenvalue weighted by Gasteiger charge is 2.22. The average Bonchev–Trinajstić information content (AvgIpc) is 3.17. The molecule has 3 heterocycles. The highest BCUT2D eigenvalue weighted by Crippen LogP contribution is 2.26. The Morgan fingerprint density at radius 3 is 2.81 bits per heavy atom. The maximum absolute atomic E-state index is 9.11. The summed E-state index contributed by atoms with van der Waals surface area (Å²) < 4.78 is 2.01. The summed E-state index contributed by atoms with van der Waals surface area (Å²) in [5.41, 5.74) is 1.98. The van der Waals surface area contributed by atoms with Crippen molar-refractivity contribution in [2.45, 2.75) is 38.8 Å². The zero-order chi connectivity index (χ0) is 14.7. The van der Waals surface area contributed by atoms with Crippen LogP contribution in [0, 0.1) is 11.3 Å². The lowest BCUT2D eigenvalue weighted by molar-refractivity contribution is 0.202. The van der Waals surface area contributed by atoms with Gasteiger partial charge in [-0.05, 0) is 44.5 Å². The van der Waals surface area contributed by atoms with Gasteiger partial charge in [0.05, 0.1) is 0 Å². The highest BCUT2D eigenvalue weighted by molar-refractivity contribution is 5.28. The van der Waals surface area contributed by atoms with Crippen LogP contribution in [0.4, 0.5) is 0 Å². The second kappa shape index (κ2) is 6.10. The number of aromatic nitrogens is 4. The van der Waals surface area contributed by atoms with Crippen LogP contribution in [0.25, 0.3) is 0 Å². The summed E-state index contributed by atoms with van der Waals surface area (Å²) in [6.07, 6.45) is 5.89. The lowest BCUT2D eigenvalue weighted by Gasteiger charge is -2.30. The van der Waals surface area contributed by atoms with Gasteiger partial charge in [-0.15, -0.1) is 0 Å². The molecule has 1 fully saturated rings. The van der Waals surface area contributed by atoms with Crippen molar-refractivity contribution in [1.29, 1.82) is 5.26 Å². The first-order valence-corrected chi connectivity index (χ1v) is 7.47. The van der Waals surface area contributed by atoms with Crippen molar-refractivity contribution < 1.29 is 0 Å². The molecule has 6 heteroatoms. The normalized spacial score (nSPS) is 17.0. The monoisotopic (exact) mass is 284 g/mol. The van der Waals surface area contributed by atoms with Gasteiger partial charge in [-0.25, -0.2) is 4.98 Å². The molecule has 3 rings (SSSR count). The van der Waals surface area contributed by atoms with Gasteiger partial charge in [0, 0.05) is 25.2 Å². The van der Waals surface area contributed by atoms with E-state index in [1.807, 2.05) is 10.6 Å². The predicted octanol–water partition coefficient (Wildman–Crippen LogP) is 1.88. The van der Waals surface area contributed by atoms with Crippen molar-refractivity contribution in [3.63, 3.8) is 0 Å². The first kappa shape index (κ1) is 13.8. The van der Waals surface area contributed by atoms with Crippen molar-refractivity contribution >= 4 is 0 Å². The molecule has 21 heavy (non-hydrogen) atoms. The van der Waals surface area contributed by atoms with Gasteiger partial charge in [0.2, 0.25) is 0 Å². The number of likely N-dealkylation sites (tertiary alicyclic amines) is 1. The van der Waals surface area contributed by atoms with E-state index in [1.165, 1.54) is 5.56 Å². The quantitative estimate of drug-likeness (QED) is 0.930. The Kier molecular flexibility index (Phi) is 4.02. The molecule has 0 atom stereocenters. The standard InChI is InChI=1S/C15H20N6/c1-2-21-10-12(7-14(21)8-16)9-20-5-3-13(4-6-20)15-17-11-18-19-15/h7,10-11,13H,2-6,9H2,1H3,(H,17,18,19). The van der Waals surface area contributed by atoms with Crippen LogP contribution in [0.15, 0.2) is 18.6 Å². The molecule has 0 aromatic carbocycles. The minimum Gasteiger partial charge on any atom is -0.339 e. The molecule has 2 aromatic rings. The zero-order valence-corrected chi connectivity index (χ0v) is 12.3. The molecular weight excluding hydrogens is 264 g/mol. The van der Waals surface area contributed by atoms with Gasteiger partial charge >= 0.3 is 0 Å². The lowest BCUT2D eigenvalue weighted by Crippen LogP contribution is -2.32. The van der Waals surface area contributed by atoms with E-state index in [0.29, 0.717) is 5.92 Å². The van der Waals surface area contributed by atoms with E-state index in [1.54, 1.807) is 6.33 Å². The molecular formula is C15H20N6. The summed E-state index contributed by atoms with van der Waals surface area (Å²) in [5.74, 6) is 1.51. The summed E-state index contributed by atoms with van der Waals surface area (Å²) in [6.45, 7) is 5.95. The number of hydrogen-bond acceptors (Lipinski definition) is 4. The molecule has 1 N–H and O–H groups in total. The SMILES string of the molecule is CCn1cc(CN2CCC(c3ncn[nH]3)CC2)cc1C#N. The van der Waals surface area contributed by atoms with Gasteiger partial charge in [-0.1, -0.05) is 0 Å². The van der Waals surface area contributed by atoms with Gasteiger partial charge in [-0.3, -0.25) is 10.00 Å². The number of nitrogens with zero attached hydrogens (tertiary/aromatic N) is 5. The van der Waals surface area contributed by atoms with Gasteiger partial charge in [0.1, 0.15) is 23.9 Å². The van der Waals surface area contributed by atoms with Crippen molar-refractivity contribution in [1.82, 2.24) is 24.6 Å². The number of nitrogens with one attached hydrogen (secondary N) is 1. The molecule has 1 aliphatic heterocycles. The fourth-order valence-corrected chi connectivity index (χ4v) is 3.04. The third-order valence-corrected chi connectivity index (χ3v) is 4.22. The van der Waals surface area contributed by atoms with Gasteiger partial charge < -0.3 is 4.57 Å². The van der Waals surface area contributed by atoms with Crippen molar-refractivity contribution in [3.05, 3.63) is 35.7 Å². The van der Waals surface area contributed by atoms with Crippen LogP contribution >= 0.6 is 0 Å². The fraction of sp³-hybridized carbons (Fsp3) is 0.533. The molecule has 110 valence electrons. The van der Waals surface area contributed by atoms with Crippen molar-refractivity contribution in [3.8, 4) is 6.07 Å². The number of nitriles is 1. The molecule has 0 spiro atoms. The van der Waals surface area contributed by atoms with E-state index < -0.39 is 0 Å². The Bertz CT molecular complexity index is 613. The number of aryl methyl sites for hydroxylation is 1. The van der Waals surface area contributed by atoms with Gasteiger partial charge in [0.25, 0.3) is 0 Å². The van der Waals surface area contributed by atoms with E-state index in [9.17, 15) is 0 Å². The Labute approximate surface area is 124 Å².